The van der Waals surface area contributed by atoms with Crippen molar-refractivity contribution in [3.63, 3.8) is 0 Å². The minimum Gasteiger partial charge on any atom is -0.497 e. The molecule has 3 aromatic rings. The molecule has 0 spiro atoms. The van der Waals surface area contributed by atoms with E-state index in [2.05, 4.69) is 23.1 Å². The first-order valence-corrected chi connectivity index (χ1v) is 11.1. The van der Waals surface area contributed by atoms with E-state index in [0.29, 0.717) is 12.5 Å². The number of thiophene rings is 1. The minimum atomic E-state index is 0.103. The number of hydrogen-bond acceptors (Lipinski definition) is 5. The summed E-state index contributed by atoms with van der Waals surface area (Å²) in [4.78, 5) is 17.9. The molecule has 0 bridgehead atoms. The Kier molecular flexibility index (Phi) is 6.25. The van der Waals surface area contributed by atoms with Crippen LogP contribution >= 0.6 is 11.3 Å². The molecular weight excluding hydrogens is 396 g/mol. The van der Waals surface area contributed by atoms with Gasteiger partial charge in [0.05, 0.1) is 12.0 Å². The van der Waals surface area contributed by atoms with E-state index < -0.39 is 0 Å². The van der Waals surface area contributed by atoms with Crippen LogP contribution in [0.15, 0.2) is 48.5 Å². The number of methoxy groups -OCH3 is 1. The second-order valence-electron chi connectivity index (χ2n) is 7.85. The summed E-state index contributed by atoms with van der Waals surface area (Å²) < 4.78 is 12.4. The van der Waals surface area contributed by atoms with Gasteiger partial charge in [-0.2, -0.15) is 0 Å². The average Bonchev–Trinajstić information content (AvgIpc) is 3.37. The molecule has 158 valence electrons. The number of rotatable bonds is 7. The fraction of sp³-hybridized carbons (Fsp3) is 0.375. The maximum absolute atomic E-state index is 12.8. The normalized spacial score (nSPS) is 16.7. The number of nitrogens with zero attached hydrogens (tertiary/aromatic N) is 2. The van der Waals surface area contributed by atoms with Crippen molar-refractivity contribution in [1.82, 2.24) is 9.80 Å². The Morgan fingerprint density at radius 1 is 1.17 bits per heavy atom. The quantitative estimate of drug-likeness (QED) is 0.561. The molecule has 30 heavy (non-hydrogen) atoms. The molecule has 0 radical (unpaired) electrons. The number of amides is 1. The number of carbonyl (C=O) groups is 1. The van der Waals surface area contributed by atoms with Crippen LogP contribution < -0.4 is 9.47 Å². The van der Waals surface area contributed by atoms with Gasteiger partial charge in [-0.15, -0.1) is 11.3 Å². The van der Waals surface area contributed by atoms with E-state index in [4.69, 9.17) is 9.47 Å². The largest absolute Gasteiger partial charge is 0.497 e. The summed E-state index contributed by atoms with van der Waals surface area (Å²) in [5.41, 5.74) is 1.23. The number of fused-ring (bicyclic) bond motifs is 1. The van der Waals surface area contributed by atoms with E-state index in [0.717, 1.165) is 42.4 Å². The van der Waals surface area contributed by atoms with E-state index >= 15 is 0 Å². The Morgan fingerprint density at radius 3 is 2.77 bits per heavy atom. The van der Waals surface area contributed by atoms with Crippen LogP contribution in [0.3, 0.4) is 0 Å². The molecule has 0 saturated carbocycles. The lowest BCUT2D eigenvalue weighted by molar-refractivity contribution is 0.0831. The molecule has 0 aliphatic carbocycles. The molecule has 1 fully saturated rings. The molecule has 1 aliphatic heterocycles. The molecule has 2 aromatic carbocycles. The van der Waals surface area contributed by atoms with Crippen LogP contribution in [-0.2, 0) is 0 Å². The fourth-order valence-electron chi connectivity index (χ4n) is 4.09. The maximum atomic E-state index is 12.8. The topological polar surface area (TPSA) is 42.0 Å². The predicted molar refractivity (Wildman–Crippen MR) is 122 cm³/mol. The van der Waals surface area contributed by atoms with Crippen LogP contribution in [0.2, 0.25) is 0 Å². The van der Waals surface area contributed by atoms with Crippen molar-refractivity contribution in [2.24, 2.45) is 0 Å². The highest BCUT2D eigenvalue weighted by Gasteiger charge is 2.30. The van der Waals surface area contributed by atoms with Crippen LogP contribution in [0.25, 0.3) is 10.1 Å². The second kappa shape index (κ2) is 9.06. The van der Waals surface area contributed by atoms with Crippen molar-refractivity contribution in [1.29, 1.82) is 0 Å². The molecule has 1 aliphatic rings. The third-order valence-electron chi connectivity index (χ3n) is 5.63. The molecule has 2 heterocycles. The van der Waals surface area contributed by atoms with Gasteiger partial charge in [-0.05, 0) is 42.1 Å². The summed E-state index contributed by atoms with van der Waals surface area (Å²) in [6.45, 7) is 3.47. The van der Waals surface area contributed by atoms with Crippen molar-refractivity contribution in [3.05, 3.63) is 59.0 Å². The Balaban J connectivity index is 1.44. The van der Waals surface area contributed by atoms with E-state index in [1.54, 1.807) is 23.3 Å². The zero-order valence-corrected chi connectivity index (χ0v) is 18.6. The van der Waals surface area contributed by atoms with Gasteiger partial charge >= 0.3 is 0 Å². The lowest BCUT2D eigenvalue weighted by Gasteiger charge is -2.18. The molecule has 1 aromatic heterocycles. The highest BCUT2D eigenvalue weighted by molar-refractivity contribution is 7.21. The second-order valence-corrected chi connectivity index (χ2v) is 8.91. The Hall–Kier alpha value is -2.57. The minimum absolute atomic E-state index is 0.103. The number of ether oxygens (including phenoxy) is 2. The number of carbonyl (C=O) groups excluding carboxylic acids is 1. The lowest BCUT2D eigenvalue weighted by atomic mass is 9.95. The van der Waals surface area contributed by atoms with Crippen molar-refractivity contribution >= 4 is 27.3 Å². The van der Waals surface area contributed by atoms with Crippen molar-refractivity contribution in [3.8, 4) is 11.5 Å². The third-order valence-corrected chi connectivity index (χ3v) is 6.81. The molecular formula is C24H28N2O3S. The van der Waals surface area contributed by atoms with Gasteiger partial charge in [0, 0.05) is 43.9 Å². The van der Waals surface area contributed by atoms with Gasteiger partial charge < -0.3 is 14.4 Å². The first-order chi connectivity index (χ1) is 14.6. The van der Waals surface area contributed by atoms with Crippen LogP contribution in [0.1, 0.15) is 27.6 Å². The predicted octanol–water partition coefficient (Wildman–Crippen LogP) is 4.48. The van der Waals surface area contributed by atoms with Gasteiger partial charge in [-0.25, -0.2) is 0 Å². The first kappa shape index (κ1) is 20.7. The summed E-state index contributed by atoms with van der Waals surface area (Å²) in [5.74, 6) is 2.10. The Morgan fingerprint density at radius 2 is 1.97 bits per heavy atom. The van der Waals surface area contributed by atoms with Crippen LogP contribution in [0.4, 0.5) is 0 Å². The van der Waals surface area contributed by atoms with Crippen LogP contribution in [0.5, 0.6) is 11.5 Å². The van der Waals surface area contributed by atoms with Gasteiger partial charge in [0.25, 0.3) is 5.91 Å². The van der Waals surface area contributed by atoms with Gasteiger partial charge in [0.1, 0.15) is 18.1 Å². The fourth-order valence-corrected chi connectivity index (χ4v) is 5.40. The molecule has 1 saturated heterocycles. The van der Waals surface area contributed by atoms with Crippen LogP contribution in [-0.4, -0.2) is 63.2 Å². The van der Waals surface area contributed by atoms with E-state index in [1.165, 1.54) is 15.6 Å². The molecule has 6 heteroatoms. The summed E-state index contributed by atoms with van der Waals surface area (Å²) in [7, 11) is 5.31. The van der Waals surface area contributed by atoms with Crippen molar-refractivity contribution < 1.29 is 14.3 Å². The van der Waals surface area contributed by atoms with Gasteiger partial charge in [-0.3, -0.25) is 9.69 Å². The SMILES string of the molecule is COc1cccc(OCCN2CCC(c3c(C(=O)N(C)C)sc4ccccc34)C2)c1. The third kappa shape index (κ3) is 4.30. The zero-order valence-electron chi connectivity index (χ0n) is 17.8. The maximum Gasteiger partial charge on any atom is 0.263 e. The number of likely N-dealkylation sites (tertiary alicyclic amines) is 1. The Labute approximate surface area is 181 Å². The van der Waals surface area contributed by atoms with Gasteiger partial charge in [-0.1, -0.05) is 24.3 Å². The van der Waals surface area contributed by atoms with Crippen LogP contribution in [0, 0.1) is 0 Å². The molecule has 1 unspecified atom stereocenters. The molecule has 1 atom stereocenters. The lowest BCUT2D eigenvalue weighted by Crippen LogP contribution is -2.26. The van der Waals surface area contributed by atoms with Crippen molar-refractivity contribution in [2.45, 2.75) is 12.3 Å². The summed E-state index contributed by atoms with van der Waals surface area (Å²) >= 11 is 1.62. The van der Waals surface area contributed by atoms with E-state index in [-0.39, 0.29) is 5.91 Å². The number of benzene rings is 2. The summed E-state index contributed by atoms with van der Waals surface area (Å²) in [5, 5.41) is 1.23. The summed E-state index contributed by atoms with van der Waals surface area (Å²) in [6, 6.07) is 16.1. The van der Waals surface area contributed by atoms with E-state index in [1.807, 2.05) is 44.4 Å². The first-order valence-electron chi connectivity index (χ1n) is 10.3. The van der Waals surface area contributed by atoms with Crippen molar-refractivity contribution in [2.75, 3.05) is 47.4 Å². The van der Waals surface area contributed by atoms with Gasteiger partial charge in [0.15, 0.2) is 0 Å². The monoisotopic (exact) mass is 424 g/mol. The Bertz CT molecular complexity index is 1030. The molecule has 5 nitrogen and oxygen atoms in total. The summed E-state index contributed by atoms with van der Waals surface area (Å²) in [6.07, 6.45) is 1.06. The average molecular weight is 425 g/mol. The zero-order chi connectivity index (χ0) is 21.1. The molecule has 4 rings (SSSR count). The molecule has 0 N–H and O–H groups in total. The standard InChI is InChI=1S/C24H28N2O3S/c1-25(2)24(27)23-22(20-9-4-5-10-21(20)30-23)17-11-12-26(16-17)13-14-29-19-8-6-7-18(15-19)28-3/h4-10,15,17H,11-14,16H2,1-3H3. The highest BCUT2D eigenvalue weighted by Crippen LogP contribution is 2.40. The number of hydrogen-bond donors (Lipinski definition) is 0. The molecule has 1 amide bonds. The van der Waals surface area contributed by atoms with Gasteiger partial charge in [0.2, 0.25) is 0 Å². The smallest absolute Gasteiger partial charge is 0.263 e. The highest BCUT2D eigenvalue weighted by atomic mass is 32.1. The van der Waals surface area contributed by atoms with E-state index in [9.17, 15) is 4.79 Å².